The molecule has 0 unspecified atom stereocenters. The number of rotatable bonds is 5. The van der Waals surface area contributed by atoms with Crippen LogP contribution in [0.15, 0.2) is 93.5 Å². The number of benzene rings is 3. The Labute approximate surface area is 189 Å². The van der Waals surface area contributed by atoms with Crippen molar-refractivity contribution in [3.8, 4) is 5.75 Å². The Kier molecular flexibility index (Phi) is 9.20. The molecular formula is C25H26F3O3S+. The van der Waals surface area contributed by atoms with Gasteiger partial charge in [0.15, 0.2) is 15.5 Å². The molecule has 3 aromatic rings. The van der Waals surface area contributed by atoms with Crippen molar-refractivity contribution in [3.05, 3.63) is 84.4 Å². The van der Waals surface area contributed by atoms with Gasteiger partial charge < -0.3 is 9.47 Å². The van der Waals surface area contributed by atoms with Crippen molar-refractivity contribution >= 4 is 16.9 Å². The van der Waals surface area contributed by atoms with Crippen LogP contribution < -0.4 is 4.74 Å². The van der Waals surface area contributed by atoms with E-state index >= 15 is 0 Å². The number of ether oxygens (including phenoxy) is 2. The quantitative estimate of drug-likeness (QED) is 0.304. The van der Waals surface area contributed by atoms with Crippen LogP contribution in [0.4, 0.5) is 13.2 Å². The normalized spacial score (nSPS) is 11.0. The van der Waals surface area contributed by atoms with E-state index in [1.54, 1.807) is 13.2 Å². The van der Waals surface area contributed by atoms with Crippen LogP contribution in [0.25, 0.3) is 0 Å². The van der Waals surface area contributed by atoms with E-state index < -0.39 is 23.2 Å². The van der Waals surface area contributed by atoms with Crippen LogP contribution in [-0.2, 0) is 15.6 Å². The molecule has 0 fully saturated rings. The number of carbonyl (C=O) groups is 1. The Morgan fingerprint density at radius 3 is 1.69 bits per heavy atom. The maximum atomic E-state index is 12.8. The van der Waals surface area contributed by atoms with E-state index in [1.807, 2.05) is 69.3 Å². The minimum Gasteiger partial charge on any atom is -0.491 e. The van der Waals surface area contributed by atoms with Gasteiger partial charge >= 0.3 is 12.6 Å². The largest absolute Gasteiger partial charge is 0.491 e. The second-order valence-corrected chi connectivity index (χ2v) is 9.51. The van der Waals surface area contributed by atoms with E-state index in [-0.39, 0.29) is 5.97 Å². The molecule has 170 valence electrons. The van der Waals surface area contributed by atoms with Crippen molar-refractivity contribution in [2.24, 2.45) is 0 Å². The summed E-state index contributed by atoms with van der Waals surface area (Å²) in [5.41, 5.74) is -0.127. The minimum absolute atomic E-state index is 0.379. The van der Waals surface area contributed by atoms with Crippen LogP contribution in [-0.4, -0.2) is 25.4 Å². The lowest BCUT2D eigenvalue weighted by atomic mass is 10.1. The van der Waals surface area contributed by atoms with Crippen molar-refractivity contribution < 1.29 is 27.4 Å². The molecule has 0 aliphatic rings. The summed E-state index contributed by atoms with van der Waals surface area (Å²) in [4.78, 5) is 16.1. The zero-order valence-electron chi connectivity index (χ0n) is 18.3. The summed E-state index contributed by atoms with van der Waals surface area (Å²) in [5, 5.41) is 0. The molecule has 0 radical (unpaired) electrons. The maximum absolute atomic E-state index is 12.8. The van der Waals surface area contributed by atoms with Crippen molar-refractivity contribution in [1.29, 1.82) is 0 Å². The molecule has 3 rings (SSSR count). The average Bonchev–Trinajstić information content (AvgIpc) is 2.74. The van der Waals surface area contributed by atoms with E-state index in [2.05, 4.69) is 24.3 Å². The summed E-state index contributed by atoms with van der Waals surface area (Å²) in [7, 11) is 1.19. The highest BCUT2D eigenvalue weighted by atomic mass is 32.2. The van der Waals surface area contributed by atoms with E-state index in [9.17, 15) is 18.0 Å². The molecule has 0 saturated heterocycles. The summed E-state index contributed by atoms with van der Waals surface area (Å²) in [6.45, 7) is 1.92. The van der Waals surface area contributed by atoms with Gasteiger partial charge in [0.2, 0.25) is 4.90 Å². The minimum atomic E-state index is -3.67. The van der Waals surface area contributed by atoms with E-state index in [1.165, 1.54) is 0 Å². The lowest BCUT2D eigenvalue weighted by Crippen LogP contribution is -2.24. The molecular weight excluding hydrogens is 437 g/mol. The topological polar surface area (TPSA) is 35.5 Å². The van der Waals surface area contributed by atoms with E-state index in [4.69, 9.17) is 9.47 Å². The molecule has 0 aliphatic heterocycles. The van der Waals surface area contributed by atoms with Gasteiger partial charge in [0, 0.05) is 0 Å². The maximum Gasteiger partial charge on any atom is 0.379 e. The number of methoxy groups -OCH3 is 1. The summed E-state index contributed by atoms with van der Waals surface area (Å²) in [5.74, 6) is 0.184. The Balaban J connectivity index is 0.000000837. The van der Waals surface area contributed by atoms with Crippen LogP contribution in [0.1, 0.15) is 31.1 Å². The predicted molar refractivity (Wildman–Crippen MR) is 120 cm³/mol. The zero-order valence-corrected chi connectivity index (χ0v) is 19.2. The number of para-hydroxylation sites is 1. The summed E-state index contributed by atoms with van der Waals surface area (Å²) in [6, 6.07) is 26.2. The van der Waals surface area contributed by atoms with Gasteiger partial charge in [-0.1, -0.05) is 42.5 Å². The van der Waals surface area contributed by atoms with E-state index in [0.29, 0.717) is 11.3 Å². The fourth-order valence-electron chi connectivity index (χ4n) is 2.88. The summed E-state index contributed by atoms with van der Waals surface area (Å²) >= 11 is 0. The Morgan fingerprint density at radius 2 is 1.28 bits per heavy atom. The standard InChI is InChI=1S/C24H25O3S.CHF3/c1-24(2,3)27-23(25)20-16-11-17-21(22(20)26-4)28(18-12-7-5-8-13-18)19-14-9-6-10-15-19;2-1(3)4/h5-17H,1-4H3;1H/q+1;. The van der Waals surface area contributed by atoms with Gasteiger partial charge in [-0.3, -0.25) is 0 Å². The van der Waals surface area contributed by atoms with Gasteiger partial charge in [-0.15, -0.1) is 0 Å². The number of carbonyl (C=O) groups excluding carboxylic acids is 1. The molecule has 0 heterocycles. The second kappa shape index (κ2) is 11.6. The molecule has 32 heavy (non-hydrogen) atoms. The second-order valence-electron chi connectivity index (χ2n) is 7.52. The van der Waals surface area contributed by atoms with Crippen LogP contribution in [0.3, 0.4) is 0 Å². The molecule has 0 aliphatic carbocycles. The van der Waals surface area contributed by atoms with Gasteiger partial charge in [-0.25, -0.2) is 4.79 Å². The molecule has 0 bridgehead atoms. The first kappa shape index (κ1) is 25.3. The van der Waals surface area contributed by atoms with Crippen LogP contribution in [0, 0.1) is 0 Å². The predicted octanol–water partition coefficient (Wildman–Crippen LogP) is 6.92. The van der Waals surface area contributed by atoms with Gasteiger partial charge in [0.1, 0.15) is 22.1 Å². The lowest BCUT2D eigenvalue weighted by Gasteiger charge is -2.20. The SMILES string of the molecule is COc1c(C(=O)OC(C)(C)C)cccc1[S+](c1ccccc1)c1ccccc1.FC(F)F. The monoisotopic (exact) mass is 463 g/mol. The van der Waals surface area contributed by atoms with Gasteiger partial charge in [0.25, 0.3) is 0 Å². The fourth-order valence-corrected chi connectivity index (χ4v) is 5.12. The third-order valence-electron chi connectivity index (χ3n) is 3.98. The van der Waals surface area contributed by atoms with Crippen LogP contribution in [0.2, 0.25) is 0 Å². The Bertz CT molecular complexity index is 948. The summed E-state index contributed by atoms with van der Waals surface area (Å²) in [6.07, 6.45) is 0. The number of hydrogen-bond acceptors (Lipinski definition) is 3. The average molecular weight is 464 g/mol. The van der Waals surface area contributed by atoms with Gasteiger partial charge in [-0.2, -0.15) is 13.2 Å². The van der Waals surface area contributed by atoms with Gasteiger partial charge in [-0.05, 0) is 57.2 Å². The third-order valence-corrected chi connectivity index (χ3v) is 6.23. The van der Waals surface area contributed by atoms with Crippen molar-refractivity contribution in [2.75, 3.05) is 7.11 Å². The Morgan fingerprint density at radius 1 is 0.812 bits per heavy atom. The van der Waals surface area contributed by atoms with Crippen molar-refractivity contribution in [1.82, 2.24) is 0 Å². The van der Waals surface area contributed by atoms with E-state index in [0.717, 1.165) is 14.7 Å². The molecule has 0 amide bonds. The van der Waals surface area contributed by atoms with Crippen molar-refractivity contribution in [2.45, 2.75) is 47.7 Å². The van der Waals surface area contributed by atoms with Crippen LogP contribution in [0.5, 0.6) is 5.75 Å². The highest BCUT2D eigenvalue weighted by molar-refractivity contribution is 7.97. The molecule has 3 nitrogen and oxygen atoms in total. The molecule has 0 saturated carbocycles. The highest BCUT2D eigenvalue weighted by Gasteiger charge is 2.34. The lowest BCUT2D eigenvalue weighted by molar-refractivity contribution is 0.00608. The number of alkyl halides is 3. The fraction of sp³-hybridized carbons (Fsp3) is 0.240. The molecule has 0 aromatic heterocycles. The first-order valence-corrected chi connectivity index (χ1v) is 11.0. The number of esters is 1. The first-order valence-electron chi connectivity index (χ1n) is 9.81. The third kappa shape index (κ3) is 7.34. The first-order chi connectivity index (χ1) is 15.1. The smallest absolute Gasteiger partial charge is 0.379 e. The summed E-state index contributed by atoms with van der Waals surface area (Å²) < 4.78 is 40.3. The molecule has 7 heteroatoms. The molecule has 0 spiro atoms. The van der Waals surface area contributed by atoms with Crippen molar-refractivity contribution in [3.63, 3.8) is 0 Å². The highest BCUT2D eigenvalue weighted by Crippen LogP contribution is 2.38. The van der Waals surface area contributed by atoms with Gasteiger partial charge in [0.05, 0.1) is 7.11 Å². The van der Waals surface area contributed by atoms with Crippen LogP contribution >= 0.6 is 0 Å². The number of hydrogen-bond donors (Lipinski definition) is 0. The zero-order chi connectivity index (χ0) is 23.7. The molecule has 3 aromatic carbocycles. The molecule has 0 N–H and O–H groups in total. The number of halogens is 3. The molecule has 0 atom stereocenters. The Hall–Kier alpha value is -2.93.